The summed E-state index contributed by atoms with van der Waals surface area (Å²) in [4.78, 5) is 0. The Hall–Kier alpha value is -1.46. The molecule has 1 N–H and O–H groups in total. The van der Waals surface area contributed by atoms with Crippen molar-refractivity contribution >= 4 is 10.8 Å². The predicted molar refractivity (Wildman–Crippen MR) is 81.3 cm³/mol. The Morgan fingerprint density at radius 1 is 1.25 bits per heavy atom. The lowest BCUT2D eigenvalue weighted by atomic mass is 10.1. The molecule has 5 heteroatoms. The van der Waals surface area contributed by atoms with Crippen LogP contribution in [0, 0.1) is 0 Å². The van der Waals surface area contributed by atoms with Crippen LogP contribution in [0.2, 0.25) is 0 Å². The van der Waals surface area contributed by atoms with Gasteiger partial charge in [0.1, 0.15) is 0 Å². The van der Waals surface area contributed by atoms with Crippen molar-refractivity contribution in [2.75, 3.05) is 11.5 Å². The lowest BCUT2D eigenvalue weighted by Gasteiger charge is -2.23. The quantitative estimate of drug-likeness (QED) is 0.935. The van der Waals surface area contributed by atoms with E-state index in [1.54, 1.807) is 6.20 Å². The first-order valence-corrected chi connectivity index (χ1v) is 8.48. The highest BCUT2D eigenvalue weighted by Crippen LogP contribution is 2.15. The molecule has 1 aromatic heterocycles. The van der Waals surface area contributed by atoms with Crippen LogP contribution < -0.4 is 5.32 Å². The van der Waals surface area contributed by atoms with E-state index < -0.39 is 10.8 Å². The van der Waals surface area contributed by atoms with Crippen molar-refractivity contribution in [3.05, 3.63) is 48.3 Å². The molecule has 2 heterocycles. The molecule has 0 amide bonds. The van der Waals surface area contributed by atoms with E-state index in [0.717, 1.165) is 36.6 Å². The Balaban J connectivity index is 1.67. The van der Waals surface area contributed by atoms with Crippen LogP contribution in [0.3, 0.4) is 0 Å². The first-order valence-electron chi connectivity index (χ1n) is 6.99. The predicted octanol–water partition coefficient (Wildman–Crippen LogP) is 1.87. The smallest absolute Gasteiger partial charge is 0.0690 e. The van der Waals surface area contributed by atoms with Crippen molar-refractivity contribution in [3.8, 4) is 5.69 Å². The summed E-state index contributed by atoms with van der Waals surface area (Å²) in [5.74, 6) is 1.66. The van der Waals surface area contributed by atoms with E-state index in [1.165, 1.54) is 5.56 Å². The van der Waals surface area contributed by atoms with E-state index in [0.29, 0.717) is 6.04 Å². The zero-order valence-electron chi connectivity index (χ0n) is 11.4. The van der Waals surface area contributed by atoms with E-state index >= 15 is 0 Å². The molecule has 0 spiro atoms. The summed E-state index contributed by atoms with van der Waals surface area (Å²) in [5.41, 5.74) is 2.35. The maximum absolute atomic E-state index is 11.4. The summed E-state index contributed by atoms with van der Waals surface area (Å²) < 4.78 is 13.3. The highest BCUT2D eigenvalue weighted by molar-refractivity contribution is 7.85. The number of rotatable bonds is 4. The molecule has 1 fully saturated rings. The molecule has 0 radical (unpaired) electrons. The van der Waals surface area contributed by atoms with Crippen molar-refractivity contribution in [1.29, 1.82) is 0 Å². The molecule has 1 saturated heterocycles. The maximum atomic E-state index is 11.4. The summed E-state index contributed by atoms with van der Waals surface area (Å²) in [6.07, 6.45) is 5.77. The van der Waals surface area contributed by atoms with Crippen molar-refractivity contribution in [3.63, 3.8) is 0 Å². The Kier molecular flexibility index (Phi) is 4.28. The first kappa shape index (κ1) is 13.5. The highest BCUT2D eigenvalue weighted by atomic mass is 32.2. The van der Waals surface area contributed by atoms with Crippen LogP contribution >= 0.6 is 0 Å². The van der Waals surface area contributed by atoms with Gasteiger partial charge < -0.3 is 5.32 Å². The summed E-state index contributed by atoms with van der Waals surface area (Å²) in [6, 6.07) is 10.7. The van der Waals surface area contributed by atoms with Gasteiger partial charge in [-0.2, -0.15) is 5.10 Å². The Bertz CT molecular complexity index is 573. The van der Waals surface area contributed by atoms with Crippen LogP contribution in [-0.4, -0.2) is 31.5 Å². The largest absolute Gasteiger partial charge is 0.310 e. The van der Waals surface area contributed by atoms with Crippen LogP contribution in [0.15, 0.2) is 42.7 Å². The van der Waals surface area contributed by atoms with Crippen molar-refractivity contribution in [2.24, 2.45) is 0 Å². The van der Waals surface area contributed by atoms with Crippen LogP contribution in [0.4, 0.5) is 0 Å². The molecule has 0 unspecified atom stereocenters. The normalized spacial score (nSPS) is 22.8. The Labute approximate surface area is 121 Å². The molecule has 106 valence electrons. The lowest BCUT2D eigenvalue weighted by Crippen LogP contribution is -2.35. The van der Waals surface area contributed by atoms with Gasteiger partial charge in [-0.25, -0.2) is 4.68 Å². The summed E-state index contributed by atoms with van der Waals surface area (Å²) in [5, 5.41) is 7.89. The third kappa shape index (κ3) is 3.16. The standard InChI is InChI=1S/C15H19N3OS/c19-20-10-6-14(7-11-20)16-12-13-4-1-2-5-15(13)18-9-3-8-17-18/h1-5,8-9,14,16H,6-7,10-12H2. The zero-order valence-corrected chi connectivity index (χ0v) is 12.2. The van der Waals surface area contributed by atoms with Gasteiger partial charge in [0, 0.05) is 47.3 Å². The number of aromatic nitrogens is 2. The Morgan fingerprint density at radius 2 is 2.05 bits per heavy atom. The van der Waals surface area contributed by atoms with E-state index in [-0.39, 0.29) is 0 Å². The molecular weight excluding hydrogens is 270 g/mol. The summed E-state index contributed by atoms with van der Waals surface area (Å²) in [7, 11) is -0.592. The molecule has 0 aliphatic carbocycles. The van der Waals surface area contributed by atoms with Gasteiger partial charge in [0.25, 0.3) is 0 Å². The van der Waals surface area contributed by atoms with Gasteiger partial charge >= 0.3 is 0 Å². The van der Waals surface area contributed by atoms with Gasteiger partial charge in [-0.1, -0.05) is 18.2 Å². The van der Waals surface area contributed by atoms with Gasteiger partial charge in [-0.05, 0) is 30.5 Å². The van der Waals surface area contributed by atoms with Crippen molar-refractivity contribution in [1.82, 2.24) is 15.1 Å². The average molecular weight is 289 g/mol. The van der Waals surface area contributed by atoms with Gasteiger partial charge in [-0.3, -0.25) is 4.21 Å². The van der Waals surface area contributed by atoms with Crippen LogP contribution in [0.1, 0.15) is 18.4 Å². The molecule has 0 atom stereocenters. The number of nitrogens with one attached hydrogen (secondary N) is 1. The van der Waals surface area contributed by atoms with Gasteiger partial charge in [-0.15, -0.1) is 0 Å². The van der Waals surface area contributed by atoms with E-state index in [4.69, 9.17) is 0 Å². The first-order chi connectivity index (χ1) is 9.83. The number of hydrogen-bond acceptors (Lipinski definition) is 3. The van der Waals surface area contributed by atoms with Crippen LogP contribution in [0.25, 0.3) is 5.69 Å². The van der Waals surface area contributed by atoms with E-state index in [2.05, 4.69) is 28.6 Å². The molecule has 20 heavy (non-hydrogen) atoms. The number of benzene rings is 1. The second kappa shape index (κ2) is 6.33. The van der Waals surface area contributed by atoms with Gasteiger partial charge in [0.2, 0.25) is 0 Å². The third-order valence-corrected chi connectivity index (χ3v) is 5.09. The minimum absolute atomic E-state index is 0.485. The van der Waals surface area contributed by atoms with E-state index in [1.807, 2.05) is 23.0 Å². The molecule has 0 saturated carbocycles. The second-order valence-electron chi connectivity index (χ2n) is 5.08. The average Bonchev–Trinajstić information content (AvgIpc) is 3.01. The summed E-state index contributed by atoms with van der Waals surface area (Å²) >= 11 is 0. The van der Waals surface area contributed by atoms with Crippen molar-refractivity contribution in [2.45, 2.75) is 25.4 Å². The molecule has 1 aliphatic rings. The highest BCUT2D eigenvalue weighted by Gasteiger charge is 2.17. The van der Waals surface area contributed by atoms with Crippen LogP contribution in [0.5, 0.6) is 0 Å². The Morgan fingerprint density at radius 3 is 2.80 bits per heavy atom. The molecule has 1 aliphatic heterocycles. The fourth-order valence-corrected chi connectivity index (χ4v) is 3.85. The molecule has 4 nitrogen and oxygen atoms in total. The SMILES string of the molecule is O=S1CCC(NCc2ccccc2-n2cccn2)CC1. The van der Waals surface area contributed by atoms with Crippen LogP contribution in [-0.2, 0) is 17.3 Å². The molecule has 3 rings (SSSR count). The fourth-order valence-electron chi connectivity index (χ4n) is 2.55. The second-order valence-corrected chi connectivity index (χ2v) is 6.78. The molecule has 0 bridgehead atoms. The third-order valence-electron chi connectivity index (χ3n) is 3.71. The maximum Gasteiger partial charge on any atom is 0.0690 e. The molecule has 1 aromatic carbocycles. The van der Waals surface area contributed by atoms with Gasteiger partial charge in [0.15, 0.2) is 0 Å². The number of nitrogens with zero attached hydrogens (tertiary/aromatic N) is 2. The molecular formula is C15H19N3OS. The minimum Gasteiger partial charge on any atom is -0.310 e. The zero-order chi connectivity index (χ0) is 13.8. The van der Waals surface area contributed by atoms with Crippen molar-refractivity contribution < 1.29 is 4.21 Å². The van der Waals surface area contributed by atoms with E-state index in [9.17, 15) is 4.21 Å². The number of hydrogen-bond donors (Lipinski definition) is 1. The monoisotopic (exact) mass is 289 g/mol. The fraction of sp³-hybridized carbons (Fsp3) is 0.400. The topological polar surface area (TPSA) is 46.9 Å². The summed E-state index contributed by atoms with van der Waals surface area (Å²) in [6.45, 7) is 0.827. The van der Waals surface area contributed by atoms with Gasteiger partial charge in [0.05, 0.1) is 5.69 Å². The molecule has 2 aromatic rings. The minimum atomic E-state index is -0.592. The lowest BCUT2D eigenvalue weighted by molar-refractivity contribution is 0.474. The number of para-hydroxylation sites is 1.